The van der Waals surface area contributed by atoms with E-state index in [4.69, 9.17) is 0 Å². The molecule has 7 heteroatoms. The minimum absolute atomic E-state index is 0.0184. The molecule has 0 N–H and O–H groups in total. The number of carbonyl (C=O) groups excluding carboxylic acids is 1. The minimum atomic E-state index is -3.35. The first-order chi connectivity index (χ1) is 13.4. The summed E-state index contributed by atoms with van der Waals surface area (Å²) in [5, 5.41) is 0. The Labute approximate surface area is 169 Å². The standard InChI is InChI=1S/C21H33N3O3S/c1-18(2)24(20-10-6-7-11-20)16-21(25)22-12-14-23(15-13-22)28(26,27)17-19-8-4-3-5-9-19/h3-5,8-9,18,20H,6-7,10-17H2,1-2H3. The van der Waals surface area contributed by atoms with Gasteiger partial charge in [0, 0.05) is 38.3 Å². The smallest absolute Gasteiger partial charge is 0.236 e. The van der Waals surface area contributed by atoms with Gasteiger partial charge in [0.25, 0.3) is 0 Å². The highest BCUT2D eigenvalue weighted by Crippen LogP contribution is 2.25. The molecule has 2 aliphatic rings. The molecule has 2 fully saturated rings. The summed E-state index contributed by atoms with van der Waals surface area (Å²) in [6, 6.07) is 10.1. The number of sulfonamides is 1. The van der Waals surface area contributed by atoms with Crippen LogP contribution in [0, 0.1) is 0 Å². The van der Waals surface area contributed by atoms with Gasteiger partial charge in [0.05, 0.1) is 12.3 Å². The Morgan fingerprint density at radius 3 is 2.25 bits per heavy atom. The van der Waals surface area contributed by atoms with Crippen LogP contribution in [0.4, 0.5) is 0 Å². The third kappa shape index (κ3) is 5.33. The Hall–Kier alpha value is -1.44. The van der Waals surface area contributed by atoms with Crippen LogP contribution in [-0.2, 0) is 20.6 Å². The van der Waals surface area contributed by atoms with Crippen molar-refractivity contribution in [2.45, 2.75) is 57.4 Å². The van der Waals surface area contributed by atoms with Crippen molar-refractivity contribution in [1.82, 2.24) is 14.1 Å². The molecular formula is C21H33N3O3S. The summed E-state index contributed by atoms with van der Waals surface area (Å²) in [5.41, 5.74) is 0.796. The third-order valence-corrected chi connectivity index (χ3v) is 7.80. The largest absolute Gasteiger partial charge is 0.339 e. The SMILES string of the molecule is CC(C)N(CC(=O)N1CCN(S(=O)(=O)Cc2ccccc2)CC1)C1CCCC1. The molecule has 1 saturated carbocycles. The van der Waals surface area contributed by atoms with Crippen molar-refractivity contribution in [2.75, 3.05) is 32.7 Å². The van der Waals surface area contributed by atoms with Crippen molar-refractivity contribution >= 4 is 15.9 Å². The van der Waals surface area contributed by atoms with Gasteiger partial charge in [-0.25, -0.2) is 8.42 Å². The Bertz CT molecular complexity index is 737. The molecule has 1 heterocycles. The van der Waals surface area contributed by atoms with E-state index >= 15 is 0 Å². The van der Waals surface area contributed by atoms with Crippen LogP contribution in [0.25, 0.3) is 0 Å². The molecule has 156 valence electrons. The maximum absolute atomic E-state index is 12.8. The van der Waals surface area contributed by atoms with Gasteiger partial charge < -0.3 is 4.90 Å². The van der Waals surface area contributed by atoms with Crippen molar-refractivity contribution in [1.29, 1.82) is 0 Å². The first kappa shape index (κ1) is 21.3. The van der Waals surface area contributed by atoms with Gasteiger partial charge in [0.1, 0.15) is 0 Å². The molecule has 1 aromatic carbocycles. The average molecular weight is 408 g/mol. The van der Waals surface area contributed by atoms with Gasteiger partial charge in [-0.15, -0.1) is 0 Å². The molecule has 1 amide bonds. The van der Waals surface area contributed by atoms with Crippen molar-refractivity contribution in [3.05, 3.63) is 35.9 Å². The molecule has 1 saturated heterocycles. The van der Waals surface area contributed by atoms with Crippen LogP contribution in [0.5, 0.6) is 0 Å². The van der Waals surface area contributed by atoms with Crippen molar-refractivity contribution < 1.29 is 13.2 Å². The maximum Gasteiger partial charge on any atom is 0.236 e. The number of hydrogen-bond acceptors (Lipinski definition) is 4. The average Bonchev–Trinajstić information content (AvgIpc) is 3.20. The van der Waals surface area contributed by atoms with E-state index in [1.54, 1.807) is 0 Å². The van der Waals surface area contributed by atoms with Crippen molar-refractivity contribution in [3.8, 4) is 0 Å². The lowest BCUT2D eigenvalue weighted by molar-refractivity contribution is -0.134. The van der Waals surface area contributed by atoms with Gasteiger partial charge in [-0.2, -0.15) is 4.31 Å². The molecule has 6 nitrogen and oxygen atoms in total. The number of benzene rings is 1. The Morgan fingerprint density at radius 2 is 1.68 bits per heavy atom. The van der Waals surface area contributed by atoms with Gasteiger partial charge >= 0.3 is 0 Å². The van der Waals surface area contributed by atoms with E-state index in [0.717, 1.165) is 5.56 Å². The van der Waals surface area contributed by atoms with Gasteiger partial charge in [-0.1, -0.05) is 43.2 Å². The van der Waals surface area contributed by atoms with E-state index in [9.17, 15) is 13.2 Å². The number of amides is 1. The van der Waals surface area contributed by atoms with Crippen LogP contribution >= 0.6 is 0 Å². The van der Waals surface area contributed by atoms with E-state index in [-0.39, 0.29) is 11.7 Å². The quantitative estimate of drug-likeness (QED) is 0.696. The highest BCUT2D eigenvalue weighted by Gasteiger charge is 2.31. The molecule has 1 aliphatic heterocycles. The lowest BCUT2D eigenvalue weighted by Crippen LogP contribution is -2.54. The number of carbonyl (C=O) groups is 1. The predicted molar refractivity (Wildman–Crippen MR) is 111 cm³/mol. The molecule has 0 spiro atoms. The van der Waals surface area contributed by atoms with Crippen LogP contribution in [0.1, 0.15) is 45.1 Å². The first-order valence-electron chi connectivity index (χ1n) is 10.4. The summed E-state index contributed by atoms with van der Waals surface area (Å²) in [7, 11) is -3.35. The number of hydrogen-bond donors (Lipinski definition) is 0. The molecule has 0 radical (unpaired) electrons. The van der Waals surface area contributed by atoms with Gasteiger partial charge in [-0.05, 0) is 32.3 Å². The van der Waals surface area contributed by atoms with E-state index in [1.165, 1.54) is 30.0 Å². The summed E-state index contributed by atoms with van der Waals surface area (Å²) in [6.07, 6.45) is 4.86. The zero-order valence-electron chi connectivity index (χ0n) is 17.1. The summed E-state index contributed by atoms with van der Waals surface area (Å²) in [4.78, 5) is 17.0. The minimum Gasteiger partial charge on any atom is -0.339 e. The molecule has 0 atom stereocenters. The van der Waals surface area contributed by atoms with Crippen LogP contribution in [-0.4, -0.2) is 73.2 Å². The molecule has 0 aromatic heterocycles. The Balaban J connectivity index is 1.53. The molecular weight excluding hydrogens is 374 g/mol. The van der Waals surface area contributed by atoms with Crippen molar-refractivity contribution in [3.63, 3.8) is 0 Å². The second-order valence-electron chi connectivity index (χ2n) is 8.23. The molecule has 3 rings (SSSR count). The summed E-state index contributed by atoms with van der Waals surface area (Å²) in [6.45, 7) is 6.46. The van der Waals surface area contributed by atoms with E-state index < -0.39 is 10.0 Å². The number of piperazine rings is 1. The monoisotopic (exact) mass is 407 g/mol. The fraction of sp³-hybridized carbons (Fsp3) is 0.667. The van der Waals surface area contributed by atoms with Crippen LogP contribution in [0.3, 0.4) is 0 Å². The fourth-order valence-electron chi connectivity index (χ4n) is 4.32. The predicted octanol–water partition coefficient (Wildman–Crippen LogP) is 2.31. The lowest BCUT2D eigenvalue weighted by atomic mass is 10.1. The zero-order chi connectivity index (χ0) is 20.1. The number of nitrogens with zero attached hydrogens (tertiary/aromatic N) is 3. The molecule has 28 heavy (non-hydrogen) atoms. The molecule has 1 aliphatic carbocycles. The maximum atomic E-state index is 12.8. The van der Waals surface area contributed by atoms with Gasteiger partial charge in [0.2, 0.25) is 15.9 Å². The Morgan fingerprint density at radius 1 is 1.07 bits per heavy atom. The molecule has 0 bridgehead atoms. The zero-order valence-corrected chi connectivity index (χ0v) is 17.9. The molecule has 1 aromatic rings. The third-order valence-electron chi connectivity index (χ3n) is 5.95. The van der Waals surface area contributed by atoms with E-state index in [0.29, 0.717) is 44.8 Å². The van der Waals surface area contributed by atoms with Crippen molar-refractivity contribution in [2.24, 2.45) is 0 Å². The number of rotatable bonds is 7. The fourth-order valence-corrected chi connectivity index (χ4v) is 5.83. The van der Waals surface area contributed by atoms with E-state index in [2.05, 4.69) is 18.7 Å². The van der Waals surface area contributed by atoms with Crippen LogP contribution in [0.15, 0.2) is 30.3 Å². The highest BCUT2D eigenvalue weighted by molar-refractivity contribution is 7.88. The summed E-state index contributed by atoms with van der Waals surface area (Å²) < 4.78 is 26.9. The van der Waals surface area contributed by atoms with Gasteiger partial charge in [-0.3, -0.25) is 9.69 Å². The van der Waals surface area contributed by atoms with Crippen LogP contribution < -0.4 is 0 Å². The second-order valence-corrected chi connectivity index (χ2v) is 10.2. The second kappa shape index (κ2) is 9.37. The first-order valence-corrected chi connectivity index (χ1v) is 12.0. The summed E-state index contributed by atoms with van der Waals surface area (Å²) in [5.74, 6) is 0.144. The molecule has 0 unspecified atom stereocenters. The Kier molecular flexibility index (Phi) is 7.12. The van der Waals surface area contributed by atoms with Crippen LogP contribution in [0.2, 0.25) is 0 Å². The normalized spacial score (nSPS) is 19.6. The highest BCUT2D eigenvalue weighted by atomic mass is 32.2. The van der Waals surface area contributed by atoms with E-state index in [1.807, 2.05) is 35.2 Å². The lowest BCUT2D eigenvalue weighted by Gasteiger charge is -2.37. The topological polar surface area (TPSA) is 60.9 Å². The summed E-state index contributed by atoms with van der Waals surface area (Å²) >= 11 is 0. The van der Waals surface area contributed by atoms with Gasteiger partial charge in [0.15, 0.2) is 0 Å².